The second-order valence-corrected chi connectivity index (χ2v) is 5.88. The van der Waals surface area contributed by atoms with Crippen molar-refractivity contribution in [2.75, 3.05) is 33.2 Å². The standard InChI is InChI=1S/C16H27N3O3/c1-6-12-19(5)13-7-9-14(20)17-10-8-11-18-15(21)22-16(2,3)4/h1,7,9H,8,10-13H2,2-5H3,(H,17,20)(H,18,21)/b9-7+. The van der Waals surface area contributed by atoms with Crippen molar-refractivity contribution in [3.8, 4) is 12.3 Å². The van der Waals surface area contributed by atoms with E-state index >= 15 is 0 Å². The van der Waals surface area contributed by atoms with Crippen LogP contribution in [-0.2, 0) is 9.53 Å². The second-order valence-electron chi connectivity index (χ2n) is 5.88. The van der Waals surface area contributed by atoms with Crippen LogP contribution in [0.15, 0.2) is 12.2 Å². The molecule has 0 saturated carbocycles. The lowest BCUT2D eigenvalue weighted by atomic mass is 10.2. The average Bonchev–Trinajstić information content (AvgIpc) is 2.36. The van der Waals surface area contributed by atoms with E-state index in [0.717, 1.165) is 0 Å². The third kappa shape index (κ3) is 13.0. The zero-order valence-corrected chi connectivity index (χ0v) is 13.9. The molecule has 0 rings (SSSR count). The Balaban J connectivity index is 3.67. The zero-order chi connectivity index (χ0) is 17.0. The summed E-state index contributed by atoms with van der Waals surface area (Å²) >= 11 is 0. The number of likely N-dealkylation sites (N-methyl/N-ethyl adjacent to an activating group) is 1. The molecule has 22 heavy (non-hydrogen) atoms. The molecule has 6 nitrogen and oxygen atoms in total. The molecule has 2 amide bonds. The second kappa shape index (κ2) is 10.7. The quantitative estimate of drug-likeness (QED) is 0.401. The molecule has 0 aliphatic heterocycles. The highest BCUT2D eigenvalue weighted by atomic mass is 16.6. The lowest BCUT2D eigenvalue weighted by Gasteiger charge is -2.19. The van der Waals surface area contributed by atoms with E-state index in [-0.39, 0.29) is 5.91 Å². The number of nitrogens with one attached hydrogen (secondary N) is 2. The van der Waals surface area contributed by atoms with Crippen molar-refractivity contribution in [2.45, 2.75) is 32.8 Å². The monoisotopic (exact) mass is 309 g/mol. The number of hydrogen-bond acceptors (Lipinski definition) is 4. The Bertz CT molecular complexity index is 419. The summed E-state index contributed by atoms with van der Waals surface area (Å²) in [5.41, 5.74) is -0.504. The highest BCUT2D eigenvalue weighted by molar-refractivity contribution is 5.87. The van der Waals surface area contributed by atoms with E-state index in [1.807, 2.05) is 11.9 Å². The molecule has 0 saturated heterocycles. The molecular formula is C16H27N3O3. The summed E-state index contributed by atoms with van der Waals surface area (Å²) in [4.78, 5) is 24.8. The maximum atomic E-state index is 11.5. The molecule has 0 unspecified atom stereocenters. The molecule has 0 aromatic rings. The number of carbonyl (C=O) groups is 2. The summed E-state index contributed by atoms with van der Waals surface area (Å²) in [6.07, 6.45) is 8.60. The van der Waals surface area contributed by atoms with Gasteiger partial charge in [0.25, 0.3) is 0 Å². The van der Waals surface area contributed by atoms with Crippen molar-refractivity contribution < 1.29 is 14.3 Å². The molecule has 0 aromatic heterocycles. The van der Waals surface area contributed by atoms with Crippen molar-refractivity contribution >= 4 is 12.0 Å². The largest absolute Gasteiger partial charge is 0.444 e. The molecule has 0 aliphatic rings. The van der Waals surface area contributed by atoms with Crippen LogP contribution in [-0.4, -0.2) is 55.7 Å². The van der Waals surface area contributed by atoms with Crippen molar-refractivity contribution in [3.63, 3.8) is 0 Å². The first-order valence-corrected chi connectivity index (χ1v) is 7.28. The highest BCUT2D eigenvalue weighted by Crippen LogP contribution is 2.06. The molecule has 0 aromatic carbocycles. The number of hydrogen-bond donors (Lipinski definition) is 2. The summed E-state index contributed by atoms with van der Waals surface area (Å²) in [5.74, 6) is 2.36. The minimum absolute atomic E-state index is 0.161. The molecule has 0 bridgehead atoms. The first-order chi connectivity index (χ1) is 10.2. The van der Waals surface area contributed by atoms with Crippen LogP contribution in [0, 0.1) is 12.3 Å². The molecule has 0 fully saturated rings. The minimum atomic E-state index is -0.504. The fourth-order valence-corrected chi connectivity index (χ4v) is 1.42. The van der Waals surface area contributed by atoms with Gasteiger partial charge in [0.1, 0.15) is 5.60 Å². The number of nitrogens with zero attached hydrogens (tertiary/aromatic N) is 1. The van der Waals surface area contributed by atoms with Gasteiger partial charge in [-0.2, -0.15) is 0 Å². The molecule has 6 heteroatoms. The van der Waals surface area contributed by atoms with E-state index < -0.39 is 11.7 Å². The van der Waals surface area contributed by atoms with E-state index in [1.54, 1.807) is 26.8 Å². The highest BCUT2D eigenvalue weighted by Gasteiger charge is 2.15. The summed E-state index contributed by atoms with van der Waals surface area (Å²) in [5, 5.41) is 5.36. The molecule has 2 N–H and O–H groups in total. The molecule has 0 heterocycles. The molecule has 124 valence electrons. The van der Waals surface area contributed by atoms with Crippen LogP contribution < -0.4 is 10.6 Å². The van der Waals surface area contributed by atoms with E-state index in [4.69, 9.17) is 11.2 Å². The Hall–Kier alpha value is -2.00. The maximum absolute atomic E-state index is 11.5. The van der Waals surface area contributed by atoms with E-state index in [0.29, 0.717) is 32.6 Å². The van der Waals surface area contributed by atoms with Gasteiger partial charge in [-0.1, -0.05) is 12.0 Å². The van der Waals surface area contributed by atoms with E-state index in [9.17, 15) is 9.59 Å². The van der Waals surface area contributed by atoms with Gasteiger partial charge >= 0.3 is 6.09 Å². The van der Waals surface area contributed by atoms with Gasteiger partial charge in [0.05, 0.1) is 6.54 Å². The predicted octanol–water partition coefficient (Wildman–Crippen LogP) is 1.14. The maximum Gasteiger partial charge on any atom is 0.407 e. The van der Waals surface area contributed by atoms with Gasteiger partial charge in [-0.15, -0.1) is 6.42 Å². The molecule has 0 atom stereocenters. The van der Waals surface area contributed by atoms with Gasteiger partial charge < -0.3 is 15.4 Å². The Kier molecular flexibility index (Phi) is 9.72. The van der Waals surface area contributed by atoms with Gasteiger partial charge in [-0.05, 0) is 34.2 Å². The zero-order valence-electron chi connectivity index (χ0n) is 13.9. The van der Waals surface area contributed by atoms with E-state index in [1.165, 1.54) is 6.08 Å². The minimum Gasteiger partial charge on any atom is -0.444 e. The lowest BCUT2D eigenvalue weighted by Crippen LogP contribution is -2.34. The van der Waals surface area contributed by atoms with Crippen LogP contribution in [0.4, 0.5) is 4.79 Å². The average molecular weight is 309 g/mol. The van der Waals surface area contributed by atoms with E-state index in [2.05, 4.69) is 16.6 Å². The number of alkyl carbamates (subject to hydrolysis) is 1. The number of terminal acetylenes is 1. The summed E-state index contributed by atoms with van der Waals surface area (Å²) in [6, 6.07) is 0. The molecular weight excluding hydrogens is 282 g/mol. The first kappa shape index (κ1) is 20.0. The van der Waals surface area contributed by atoms with Crippen molar-refractivity contribution in [2.24, 2.45) is 0 Å². The SMILES string of the molecule is C#CCN(C)C/C=C/C(=O)NCCCNC(=O)OC(C)(C)C. The Morgan fingerprint density at radius 1 is 1.27 bits per heavy atom. The number of ether oxygens (including phenoxy) is 1. The van der Waals surface area contributed by atoms with Gasteiger partial charge in [0.15, 0.2) is 0 Å². The van der Waals surface area contributed by atoms with Crippen molar-refractivity contribution in [1.29, 1.82) is 0 Å². The Morgan fingerprint density at radius 2 is 1.91 bits per heavy atom. The molecule has 0 spiro atoms. The number of carbonyl (C=O) groups excluding carboxylic acids is 2. The van der Waals surface area contributed by atoms with Crippen molar-refractivity contribution in [1.82, 2.24) is 15.5 Å². The van der Waals surface area contributed by atoms with Gasteiger partial charge in [0.2, 0.25) is 5.91 Å². The Labute approximate surface area is 133 Å². The van der Waals surface area contributed by atoms with Crippen LogP contribution in [0.1, 0.15) is 27.2 Å². The topological polar surface area (TPSA) is 70.7 Å². The van der Waals surface area contributed by atoms with Crippen LogP contribution >= 0.6 is 0 Å². The van der Waals surface area contributed by atoms with Crippen LogP contribution in [0.5, 0.6) is 0 Å². The van der Waals surface area contributed by atoms with Crippen LogP contribution in [0.2, 0.25) is 0 Å². The fraction of sp³-hybridized carbons (Fsp3) is 0.625. The smallest absolute Gasteiger partial charge is 0.407 e. The first-order valence-electron chi connectivity index (χ1n) is 7.28. The Morgan fingerprint density at radius 3 is 2.50 bits per heavy atom. The van der Waals surface area contributed by atoms with Gasteiger partial charge in [0, 0.05) is 25.7 Å². The van der Waals surface area contributed by atoms with Crippen molar-refractivity contribution in [3.05, 3.63) is 12.2 Å². The van der Waals surface area contributed by atoms with Gasteiger partial charge in [-0.25, -0.2) is 4.79 Å². The number of rotatable bonds is 8. The third-order valence-corrected chi connectivity index (χ3v) is 2.37. The summed E-state index contributed by atoms with van der Waals surface area (Å²) < 4.78 is 5.09. The summed E-state index contributed by atoms with van der Waals surface area (Å²) in [6.45, 7) is 7.52. The van der Waals surface area contributed by atoms with Crippen LogP contribution in [0.25, 0.3) is 0 Å². The molecule has 0 aliphatic carbocycles. The normalized spacial score (nSPS) is 11.3. The van der Waals surface area contributed by atoms with Gasteiger partial charge in [-0.3, -0.25) is 9.69 Å². The predicted molar refractivity (Wildman–Crippen MR) is 87.3 cm³/mol. The number of amides is 2. The van der Waals surface area contributed by atoms with Crippen LogP contribution in [0.3, 0.4) is 0 Å². The molecule has 0 radical (unpaired) electrons. The lowest BCUT2D eigenvalue weighted by molar-refractivity contribution is -0.116. The fourth-order valence-electron chi connectivity index (χ4n) is 1.42. The third-order valence-electron chi connectivity index (χ3n) is 2.37. The summed E-state index contributed by atoms with van der Waals surface area (Å²) in [7, 11) is 1.88.